The number of hydrogen-bond acceptors (Lipinski definition) is 1. The van der Waals surface area contributed by atoms with E-state index in [1.165, 1.54) is 66.3 Å². The molecular weight excluding hydrogens is 677 g/mol. The Labute approximate surface area is 327 Å². The minimum absolute atomic E-state index is 1.09. The second-order valence-electron chi connectivity index (χ2n) is 14.2. The predicted octanol–water partition coefficient (Wildman–Crippen LogP) is 14.9. The molecule has 0 N–H and O–H groups in total. The average molecular weight is 715 g/mol. The summed E-state index contributed by atoms with van der Waals surface area (Å²) in [4.78, 5) is 2.39. The van der Waals surface area contributed by atoms with E-state index in [2.05, 4.69) is 240 Å². The summed E-state index contributed by atoms with van der Waals surface area (Å²) in [6, 6.07) is 83.0. The molecule has 0 saturated carbocycles. The van der Waals surface area contributed by atoms with E-state index in [0.717, 1.165) is 22.7 Å². The van der Waals surface area contributed by atoms with Gasteiger partial charge in [0.1, 0.15) is 0 Å². The third kappa shape index (κ3) is 6.14. The van der Waals surface area contributed by atoms with Gasteiger partial charge in [0.05, 0.1) is 16.7 Å². The lowest BCUT2D eigenvalue weighted by Gasteiger charge is -2.28. The largest absolute Gasteiger partial charge is 0.310 e. The van der Waals surface area contributed by atoms with Gasteiger partial charge in [0.15, 0.2) is 0 Å². The molecule has 0 radical (unpaired) electrons. The van der Waals surface area contributed by atoms with Crippen molar-refractivity contribution in [3.8, 4) is 50.2 Å². The van der Waals surface area contributed by atoms with Crippen LogP contribution in [0.5, 0.6) is 0 Å². The lowest BCUT2D eigenvalue weighted by molar-refractivity contribution is 1.18. The molecule has 0 saturated heterocycles. The molecular formula is C54H38N2. The fraction of sp³-hybridized carbons (Fsp3) is 0. The van der Waals surface area contributed by atoms with Crippen LogP contribution >= 0.6 is 0 Å². The van der Waals surface area contributed by atoms with Gasteiger partial charge in [0.2, 0.25) is 0 Å². The maximum absolute atomic E-state index is 2.39. The van der Waals surface area contributed by atoms with E-state index in [0.29, 0.717) is 0 Å². The van der Waals surface area contributed by atoms with Crippen LogP contribution in [0.25, 0.3) is 72.0 Å². The predicted molar refractivity (Wildman–Crippen MR) is 237 cm³/mol. The Hall–Kier alpha value is -7.42. The first-order chi connectivity index (χ1) is 27.8. The van der Waals surface area contributed by atoms with Crippen LogP contribution in [-0.2, 0) is 0 Å². The molecule has 1 heterocycles. The molecule has 10 aromatic rings. The molecule has 0 spiro atoms. The quantitative estimate of drug-likeness (QED) is 0.152. The number of aromatic nitrogens is 1. The van der Waals surface area contributed by atoms with Crippen LogP contribution in [0.1, 0.15) is 0 Å². The van der Waals surface area contributed by atoms with Crippen LogP contribution in [0, 0.1) is 0 Å². The van der Waals surface area contributed by atoms with E-state index in [4.69, 9.17) is 0 Å². The maximum atomic E-state index is 2.39. The first-order valence-electron chi connectivity index (χ1n) is 19.2. The first kappa shape index (κ1) is 33.2. The Balaban J connectivity index is 1.05. The lowest BCUT2D eigenvalue weighted by Crippen LogP contribution is -2.11. The van der Waals surface area contributed by atoms with Crippen LogP contribution < -0.4 is 4.90 Å². The highest BCUT2D eigenvalue weighted by Crippen LogP contribution is 2.42. The van der Waals surface area contributed by atoms with Gasteiger partial charge in [-0.2, -0.15) is 0 Å². The number of anilines is 3. The van der Waals surface area contributed by atoms with Crippen molar-refractivity contribution < 1.29 is 0 Å². The molecule has 1 aromatic heterocycles. The van der Waals surface area contributed by atoms with E-state index in [9.17, 15) is 0 Å². The van der Waals surface area contributed by atoms with Crippen molar-refractivity contribution in [1.29, 1.82) is 0 Å². The normalized spacial score (nSPS) is 11.2. The number of benzene rings is 9. The standard InChI is InChI=1S/C54H38N2/c1-3-15-39(16-4-1)40-29-31-41(32-30-40)44-19-13-21-47(37-44)55(52-26-10-7-23-49(52)43-17-5-2-6-18-43)46-35-33-42(34-36-46)45-20-14-22-48(38-45)56-53-27-11-8-24-50(53)51-25-9-12-28-54(51)56/h1-38H. The first-order valence-corrected chi connectivity index (χ1v) is 19.2. The molecule has 0 aliphatic rings. The Morgan fingerprint density at radius 1 is 0.286 bits per heavy atom. The average Bonchev–Trinajstić information content (AvgIpc) is 3.62. The molecule has 2 nitrogen and oxygen atoms in total. The zero-order valence-electron chi connectivity index (χ0n) is 30.8. The van der Waals surface area contributed by atoms with Crippen LogP contribution in [0.4, 0.5) is 17.1 Å². The molecule has 0 fully saturated rings. The monoisotopic (exact) mass is 714 g/mol. The summed E-state index contributed by atoms with van der Waals surface area (Å²) in [5.41, 5.74) is 16.4. The molecule has 56 heavy (non-hydrogen) atoms. The van der Waals surface area contributed by atoms with Gasteiger partial charge in [-0.3, -0.25) is 0 Å². The number of fused-ring (bicyclic) bond motifs is 3. The van der Waals surface area contributed by atoms with E-state index >= 15 is 0 Å². The third-order valence-corrected chi connectivity index (χ3v) is 10.8. The van der Waals surface area contributed by atoms with Gasteiger partial charge >= 0.3 is 0 Å². The molecule has 2 heteroatoms. The van der Waals surface area contributed by atoms with Gasteiger partial charge in [-0.15, -0.1) is 0 Å². The van der Waals surface area contributed by atoms with Crippen molar-refractivity contribution in [3.05, 3.63) is 231 Å². The fourth-order valence-electron chi connectivity index (χ4n) is 8.10. The van der Waals surface area contributed by atoms with Crippen LogP contribution in [-0.4, -0.2) is 4.57 Å². The van der Waals surface area contributed by atoms with Crippen molar-refractivity contribution in [2.24, 2.45) is 0 Å². The highest BCUT2D eigenvalue weighted by Gasteiger charge is 2.18. The van der Waals surface area contributed by atoms with Gasteiger partial charge in [-0.1, -0.05) is 176 Å². The van der Waals surface area contributed by atoms with Crippen molar-refractivity contribution in [2.45, 2.75) is 0 Å². The Morgan fingerprint density at radius 3 is 1.41 bits per heavy atom. The number of rotatable bonds is 8. The van der Waals surface area contributed by atoms with Crippen LogP contribution in [0.2, 0.25) is 0 Å². The summed E-state index contributed by atoms with van der Waals surface area (Å²) < 4.78 is 2.38. The maximum Gasteiger partial charge on any atom is 0.0541 e. The molecule has 0 aliphatic carbocycles. The smallest absolute Gasteiger partial charge is 0.0541 e. The summed E-state index contributed by atoms with van der Waals surface area (Å²) in [6.45, 7) is 0. The number of nitrogens with zero attached hydrogens (tertiary/aromatic N) is 2. The SMILES string of the molecule is c1ccc(-c2ccc(-c3cccc(N(c4ccc(-c5cccc(-n6c7ccccc7c7ccccc76)c5)cc4)c4ccccc4-c4ccccc4)c3)cc2)cc1. The number of hydrogen-bond donors (Lipinski definition) is 0. The molecule has 0 bridgehead atoms. The van der Waals surface area contributed by atoms with E-state index in [1.54, 1.807) is 0 Å². The zero-order valence-corrected chi connectivity index (χ0v) is 30.8. The van der Waals surface area contributed by atoms with Crippen molar-refractivity contribution in [3.63, 3.8) is 0 Å². The molecule has 264 valence electrons. The fourth-order valence-corrected chi connectivity index (χ4v) is 8.10. The summed E-state index contributed by atoms with van der Waals surface area (Å²) in [7, 11) is 0. The Kier molecular flexibility index (Phi) is 8.55. The van der Waals surface area contributed by atoms with E-state index in [1.807, 2.05) is 0 Å². The van der Waals surface area contributed by atoms with Gasteiger partial charge in [-0.25, -0.2) is 0 Å². The summed E-state index contributed by atoms with van der Waals surface area (Å²) in [5.74, 6) is 0. The molecule has 0 aliphatic heterocycles. The summed E-state index contributed by atoms with van der Waals surface area (Å²) >= 11 is 0. The van der Waals surface area contributed by atoms with Gasteiger partial charge in [0.25, 0.3) is 0 Å². The van der Waals surface area contributed by atoms with Crippen molar-refractivity contribution in [1.82, 2.24) is 4.57 Å². The van der Waals surface area contributed by atoms with Gasteiger partial charge < -0.3 is 9.47 Å². The Morgan fingerprint density at radius 2 is 0.750 bits per heavy atom. The summed E-state index contributed by atoms with van der Waals surface area (Å²) in [5, 5.41) is 2.53. The zero-order chi connectivity index (χ0) is 37.3. The second kappa shape index (κ2) is 14.4. The molecule has 9 aromatic carbocycles. The second-order valence-corrected chi connectivity index (χ2v) is 14.2. The van der Waals surface area contributed by atoms with Crippen LogP contribution in [0.3, 0.4) is 0 Å². The highest BCUT2D eigenvalue weighted by atomic mass is 15.1. The topological polar surface area (TPSA) is 8.17 Å². The Bertz CT molecular complexity index is 2890. The minimum atomic E-state index is 1.09. The third-order valence-electron chi connectivity index (χ3n) is 10.8. The minimum Gasteiger partial charge on any atom is -0.310 e. The molecule has 0 atom stereocenters. The summed E-state index contributed by atoms with van der Waals surface area (Å²) in [6.07, 6.45) is 0. The molecule has 10 rings (SSSR count). The van der Waals surface area contributed by atoms with Crippen LogP contribution in [0.15, 0.2) is 231 Å². The van der Waals surface area contributed by atoms with Crippen molar-refractivity contribution >= 4 is 38.9 Å². The molecule has 0 amide bonds. The van der Waals surface area contributed by atoms with Gasteiger partial charge in [-0.05, 0) is 93.5 Å². The number of para-hydroxylation sites is 3. The van der Waals surface area contributed by atoms with Crippen molar-refractivity contribution in [2.75, 3.05) is 4.90 Å². The van der Waals surface area contributed by atoms with E-state index in [-0.39, 0.29) is 0 Å². The lowest BCUT2D eigenvalue weighted by atomic mass is 9.98. The van der Waals surface area contributed by atoms with E-state index < -0.39 is 0 Å². The molecule has 0 unspecified atom stereocenters. The van der Waals surface area contributed by atoms with Gasteiger partial charge in [0, 0.05) is 33.4 Å². The highest BCUT2D eigenvalue weighted by molar-refractivity contribution is 6.09.